The first kappa shape index (κ1) is 31.4. The van der Waals surface area contributed by atoms with Crippen LogP contribution in [0.15, 0.2) is 42.5 Å². The lowest BCUT2D eigenvalue weighted by atomic mass is 10.00. The Morgan fingerprint density at radius 1 is 0.974 bits per heavy atom. The number of nitrogens with one attached hydrogen (secondary N) is 2. The van der Waals surface area contributed by atoms with E-state index >= 15 is 0 Å². The number of rotatable bonds is 12. The quantitative estimate of drug-likeness (QED) is 0.372. The number of benzene rings is 2. The molecule has 3 N–H and O–H groups in total. The van der Waals surface area contributed by atoms with Gasteiger partial charge in [-0.3, -0.25) is 9.59 Å². The Bertz CT molecular complexity index is 992. The number of aryl methyl sites for hydroxylation is 1. The number of carbonyl (C=O) groups is 2. The fourth-order valence-corrected chi connectivity index (χ4v) is 4.58. The maximum absolute atomic E-state index is 13.7. The van der Waals surface area contributed by atoms with Gasteiger partial charge in [-0.1, -0.05) is 43.7 Å². The first-order valence-electron chi connectivity index (χ1n) is 13.8. The third-order valence-electron chi connectivity index (χ3n) is 6.46. The molecule has 3 rings (SSSR count). The maximum Gasteiger partial charge on any atom is 0.222 e. The van der Waals surface area contributed by atoms with Crippen molar-refractivity contribution in [3.63, 3.8) is 0 Å². The van der Waals surface area contributed by atoms with Crippen LogP contribution in [-0.4, -0.2) is 53.6 Å². The molecule has 0 aliphatic carbocycles. The molecule has 0 aromatic heterocycles. The molecule has 0 bridgehead atoms. The SMILES string of the molecule is CC.Cc1cccc(CNCC(O)C(Cc2cc(F)cc(F)c2)NC(=O)CCCC(=O)N2CCCCC2)c1. The Kier molecular flexibility index (Phi) is 13.9. The molecular weight excluding hydrogens is 488 g/mol. The average Bonchev–Trinajstić information content (AvgIpc) is 2.89. The standard InChI is InChI=1S/C28H37F2N3O3.C2H6/c1-20-7-5-8-21(13-20)18-31-19-26(34)25(16-22-14-23(29)17-24(30)15-22)32-27(35)9-6-10-28(36)33-11-3-2-4-12-33;1-2/h5,7-8,13-15,17,25-26,31,34H,2-4,6,9-12,16,18-19H2,1H3,(H,32,35);1-2H3. The molecule has 1 heterocycles. The van der Waals surface area contributed by atoms with Gasteiger partial charge >= 0.3 is 0 Å². The van der Waals surface area contributed by atoms with Crippen molar-refractivity contribution in [2.75, 3.05) is 19.6 Å². The highest BCUT2D eigenvalue weighted by molar-refractivity contribution is 5.79. The van der Waals surface area contributed by atoms with Crippen LogP contribution in [0.25, 0.3) is 0 Å². The number of hydrogen-bond acceptors (Lipinski definition) is 4. The number of aliphatic hydroxyl groups excluding tert-OH is 1. The van der Waals surface area contributed by atoms with Crippen LogP contribution in [0.2, 0.25) is 0 Å². The van der Waals surface area contributed by atoms with Crippen LogP contribution in [0.4, 0.5) is 8.78 Å². The van der Waals surface area contributed by atoms with E-state index in [1.54, 1.807) is 0 Å². The van der Waals surface area contributed by atoms with E-state index in [9.17, 15) is 23.5 Å². The molecule has 8 heteroatoms. The van der Waals surface area contributed by atoms with Gasteiger partial charge in [-0.15, -0.1) is 0 Å². The van der Waals surface area contributed by atoms with Crippen LogP contribution < -0.4 is 10.6 Å². The van der Waals surface area contributed by atoms with Crippen molar-refractivity contribution in [1.82, 2.24) is 15.5 Å². The maximum atomic E-state index is 13.7. The summed E-state index contributed by atoms with van der Waals surface area (Å²) in [7, 11) is 0. The van der Waals surface area contributed by atoms with Crippen molar-refractivity contribution in [3.05, 3.63) is 70.8 Å². The summed E-state index contributed by atoms with van der Waals surface area (Å²) >= 11 is 0. The van der Waals surface area contributed by atoms with E-state index in [-0.39, 0.29) is 31.2 Å². The van der Waals surface area contributed by atoms with Gasteiger partial charge in [-0.25, -0.2) is 8.78 Å². The molecule has 0 spiro atoms. The lowest BCUT2D eigenvalue weighted by Gasteiger charge is -2.27. The number of piperidine rings is 1. The summed E-state index contributed by atoms with van der Waals surface area (Å²) in [5.41, 5.74) is 2.54. The van der Waals surface area contributed by atoms with E-state index in [1.165, 1.54) is 12.1 Å². The van der Waals surface area contributed by atoms with Gasteiger partial charge in [0.1, 0.15) is 11.6 Å². The number of hydrogen-bond donors (Lipinski definition) is 3. The molecule has 0 saturated carbocycles. The minimum atomic E-state index is -0.986. The number of halogens is 2. The van der Waals surface area contributed by atoms with Gasteiger partial charge in [0.05, 0.1) is 12.1 Å². The molecule has 1 aliphatic rings. The van der Waals surface area contributed by atoms with Crippen molar-refractivity contribution < 1.29 is 23.5 Å². The molecule has 210 valence electrons. The molecule has 1 fully saturated rings. The molecule has 2 unspecified atom stereocenters. The lowest BCUT2D eigenvalue weighted by Crippen LogP contribution is -2.48. The van der Waals surface area contributed by atoms with Crippen molar-refractivity contribution >= 4 is 11.8 Å². The monoisotopic (exact) mass is 531 g/mol. The summed E-state index contributed by atoms with van der Waals surface area (Å²) in [6.07, 6.45) is 3.11. The van der Waals surface area contributed by atoms with Gasteiger partial charge in [0.25, 0.3) is 0 Å². The zero-order chi connectivity index (χ0) is 27.9. The minimum Gasteiger partial charge on any atom is -0.390 e. The summed E-state index contributed by atoms with van der Waals surface area (Å²) < 4.78 is 27.4. The third kappa shape index (κ3) is 11.3. The fourth-order valence-electron chi connectivity index (χ4n) is 4.58. The van der Waals surface area contributed by atoms with E-state index < -0.39 is 23.8 Å². The molecular formula is C30H43F2N3O3. The Morgan fingerprint density at radius 3 is 2.32 bits per heavy atom. The van der Waals surface area contributed by atoms with E-state index in [1.807, 2.05) is 49.9 Å². The van der Waals surface area contributed by atoms with Crippen molar-refractivity contribution in [2.24, 2.45) is 0 Å². The average molecular weight is 532 g/mol. The summed E-state index contributed by atoms with van der Waals surface area (Å²) in [6.45, 7) is 8.27. The van der Waals surface area contributed by atoms with Crippen LogP contribution in [0.5, 0.6) is 0 Å². The molecule has 2 atom stereocenters. The summed E-state index contributed by atoms with van der Waals surface area (Å²) in [6, 6.07) is 10.4. The van der Waals surface area contributed by atoms with Gasteiger partial charge in [0, 0.05) is 45.1 Å². The Hall–Kier alpha value is -2.84. The van der Waals surface area contributed by atoms with E-state index in [2.05, 4.69) is 10.6 Å². The molecule has 6 nitrogen and oxygen atoms in total. The summed E-state index contributed by atoms with van der Waals surface area (Å²) in [4.78, 5) is 26.9. The first-order valence-corrected chi connectivity index (χ1v) is 13.8. The Balaban J connectivity index is 0.00000247. The Labute approximate surface area is 225 Å². The second-order valence-corrected chi connectivity index (χ2v) is 9.64. The number of carbonyl (C=O) groups excluding carboxylic acids is 2. The highest BCUT2D eigenvalue weighted by Crippen LogP contribution is 2.14. The first-order chi connectivity index (χ1) is 18.3. The number of amides is 2. The van der Waals surface area contributed by atoms with Gasteiger partial charge in [0.15, 0.2) is 0 Å². The molecule has 1 aliphatic heterocycles. The molecule has 0 radical (unpaired) electrons. The summed E-state index contributed by atoms with van der Waals surface area (Å²) in [5.74, 6) is -1.66. The molecule has 2 aromatic carbocycles. The second-order valence-electron chi connectivity index (χ2n) is 9.64. The van der Waals surface area contributed by atoms with E-state index in [0.717, 1.165) is 49.5 Å². The zero-order valence-corrected chi connectivity index (χ0v) is 22.9. The van der Waals surface area contributed by atoms with Crippen molar-refractivity contribution in [3.8, 4) is 0 Å². The molecule has 2 amide bonds. The molecule has 2 aromatic rings. The highest BCUT2D eigenvalue weighted by atomic mass is 19.1. The predicted octanol–water partition coefficient (Wildman–Crippen LogP) is 4.66. The van der Waals surface area contributed by atoms with Crippen LogP contribution in [0, 0.1) is 18.6 Å². The topological polar surface area (TPSA) is 81.7 Å². The van der Waals surface area contributed by atoms with Crippen LogP contribution in [-0.2, 0) is 22.6 Å². The lowest BCUT2D eigenvalue weighted by molar-refractivity contribution is -0.132. The highest BCUT2D eigenvalue weighted by Gasteiger charge is 2.23. The Morgan fingerprint density at radius 2 is 1.66 bits per heavy atom. The third-order valence-corrected chi connectivity index (χ3v) is 6.46. The number of likely N-dealkylation sites (tertiary alicyclic amines) is 1. The number of nitrogens with zero attached hydrogens (tertiary/aromatic N) is 1. The predicted molar refractivity (Wildman–Crippen MR) is 147 cm³/mol. The van der Waals surface area contributed by atoms with Crippen LogP contribution in [0.1, 0.15) is 69.1 Å². The van der Waals surface area contributed by atoms with Crippen LogP contribution in [0.3, 0.4) is 0 Å². The van der Waals surface area contributed by atoms with Gasteiger partial charge in [-0.05, 0) is 62.3 Å². The smallest absolute Gasteiger partial charge is 0.222 e. The largest absolute Gasteiger partial charge is 0.390 e. The normalized spacial score (nSPS) is 14.7. The molecule has 38 heavy (non-hydrogen) atoms. The second kappa shape index (κ2) is 16.9. The van der Waals surface area contributed by atoms with Gasteiger partial charge < -0.3 is 20.6 Å². The van der Waals surface area contributed by atoms with E-state index in [4.69, 9.17) is 0 Å². The van der Waals surface area contributed by atoms with Gasteiger partial charge in [0.2, 0.25) is 11.8 Å². The summed E-state index contributed by atoms with van der Waals surface area (Å²) in [5, 5.41) is 16.9. The van der Waals surface area contributed by atoms with E-state index in [0.29, 0.717) is 24.9 Å². The number of aliphatic hydroxyl groups is 1. The van der Waals surface area contributed by atoms with Crippen molar-refractivity contribution in [1.29, 1.82) is 0 Å². The molecule has 1 saturated heterocycles. The zero-order valence-electron chi connectivity index (χ0n) is 22.9. The van der Waals surface area contributed by atoms with Crippen molar-refractivity contribution in [2.45, 2.75) is 84.4 Å². The van der Waals surface area contributed by atoms with Gasteiger partial charge in [-0.2, -0.15) is 0 Å². The van der Waals surface area contributed by atoms with Crippen LogP contribution >= 0.6 is 0 Å². The minimum absolute atomic E-state index is 0.0645. The fraction of sp³-hybridized carbons (Fsp3) is 0.533.